The second kappa shape index (κ2) is 13.1. The fourth-order valence-electron chi connectivity index (χ4n) is 6.31. The third kappa shape index (κ3) is 6.12. The molecule has 1 aliphatic rings. The van der Waals surface area contributed by atoms with Gasteiger partial charge in [0.1, 0.15) is 0 Å². The minimum Gasteiger partial charge on any atom is -0.398 e. The van der Waals surface area contributed by atoms with E-state index in [0.717, 1.165) is 68.0 Å². The maximum Gasteiger partial charge on any atom is 0.0701 e. The number of hydrogen-bond acceptors (Lipinski definition) is 4. The van der Waals surface area contributed by atoms with Crippen molar-refractivity contribution < 1.29 is 0 Å². The molecular formula is C42H36N4. The lowest BCUT2D eigenvalue weighted by molar-refractivity contribution is 0.631. The molecule has 1 aliphatic heterocycles. The number of hydrogen-bond donors (Lipinski definition) is 3. The van der Waals surface area contributed by atoms with Gasteiger partial charge >= 0.3 is 0 Å². The first-order chi connectivity index (χ1) is 22.6. The van der Waals surface area contributed by atoms with Gasteiger partial charge in [-0.3, -0.25) is 4.98 Å². The van der Waals surface area contributed by atoms with Gasteiger partial charge in [-0.25, -0.2) is 0 Å². The Morgan fingerprint density at radius 2 is 1.26 bits per heavy atom. The summed E-state index contributed by atoms with van der Waals surface area (Å²) in [4.78, 5) is 4.53. The van der Waals surface area contributed by atoms with E-state index >= 15 is 0 Å². The molecule has 0 radical (unpaired) electrons. The first-order valence-corrected chi connectivity index (χ1v) is 15.7. The van der Waals surface area contributed by atoms with Crippen LogP contribution in [0.4, 0.5) is 5.69 Å². The van der Waals surface area contributed by atoms with Gasteiger partial charge in [-0.05, 0) is 105 Å². The molecule has 224 valence electrons. The van der Waals surface area contributed by atoms with E-state index in [9.17, 15) is 0 Å². The summed E-state index contributed by atoms with van der Waals surface area (Å²) in [6.07, 6.45) is 8.02. The fourth-order valence-corrected chi connectivity index (χ4v) is 6.31. The zero-order valence-electron chi connectivity index (χ0n) is 25.6. The van der Waals surface area contributed by atoms with Crippen molar-refractivity contribution in [3.05, 3.63) is 186 Å². The zero-order chi connectivity index (χ0) is 31.3. The van der Waals surface area contributed by atoms with Crippen LogP contribution in [0.15, 0.2) is 164 Å². The van der Waals surface area contributed by atoms with Crippen LogP contribution in [0.1, 0.15) is 34.2 Å². The largest absolute Gasteiger partial charge is 0.398 e. The molecule has 4 heteroatoms. The average molecular weight is 597 g/mol. The van der Waals surface area contributed by atoms with Crippen LogP contribution in [0.5, 0.6) is 0 Å². The van der Waals surface area contributed by atoms with Gasteiger partial charge in [0.05, 0.1) is 5.69 Å². The van der Waals surface area contributed by atoms with Crippen molar-refractivity contribution in [2.24, 2.45) is 5.73 Å². The normalized spacial score (nSPS) is 13.8. The van der Waals surface area contributed by atoms with Gasteiger partial charge in [-0.1, -0.05) is 103 Å². The molecule has 2 heterocycles. The van der Waals surface area contributed by atoms with Crippen molar-refractivity contribution in [3.8, 4) is 33.5 Å². The molecule has 1 aromatic heterocycles. The Morgan fingerprint density at radius 1 is 0.587 bits per heavy atom. The summed E-state index contributed by atoms with van der Waals surface area (Å²) in [5.41, 5.74) is 27.0. The summed E-state index contributed by atoms with van der Waals surface area (Å²) >= 11 is 0. The molecule has 6 aromatic rings. The maximum absolute atomic E-state index is 7.39. The molecule has 1 unspecified atom stereocenters. The number of dihydropyridines is 1. The van der Waals surface area contributed by atoms with Gasteiger partial charge in [0, 0.05) is 36.0 Å². The highest BCUT2D eigenvalue weighted by Gasteiger charge is 2.27. The molecule has 0 saturated carbocycles. The van der Waals surface area contributed by atoms with Gasteiger partial charge in [-0.15, -0.1) is 0 Å². The van der Waals surface area contributed by atoms with E-state index < -0.39 is 0 Å². The van der Waals surface area contributed by atoms with E-state index in [1.807, 2.05) is 48.8 Å². The van der Waals surface area contributed by atoms with Crippen LogP contribution in [-0.2, 0) is 0 Å². The Hall–Kier alpha value is -5.71. The molecule has 7 rings (SSSR count). The highest BCUT2D eigenvalue weighted by molar-refractivity contribution is 5.77. The van der Waals surface area contributed by atoms with Crippen LogP contribution in [0.2, 0.25) is 0 Å². The van der Waals surface area contributed by atoms with Crippen LogP contribution >= 0.6 is 0 Å². The van der Waals surface area contributed by atoms with Crippen LogP contribution in [0.3, 0.4) is 0 Å². The van der Waals surface area contributed by atoms with Crippen molar-refractivity contribution in [3.63, 3.8) is 0 Å². The van der Waals surface area contributed by atoms with Crippen LogP contribution in [-0.4, -0.2) is 11.5 Å². The van der Waals surface area contributed by atoms with E-state index in [2.05, 4.69) is 126 Å². The van der Waals surface area contributed by atoms with Crippen molar-refractivity contribution in [2.75, 3.05) is 12.3 Å². The number of pyridine rings is 1. The minimum atomic E-state index is -0.366. The number of nitrogen functional groups attached to an aromatic ring is 1. The average Bonchev–Trinajstić information content (AvgIpc) is 3.14. The first-order valence-electron chi connectivity index (χ1n) is 15.7. The minimum absolute atomic E-state index is 0.169. The molecule has 0 spiro atoms. The molecule has 0 aliphatic carbocycles. The molecule has 46 heavy (non-hydrogen) atoms. The van der Waals surface area contributed by atoms with Crippen molar-refractivity contribution in [1.82, 2.24) is 10.3 Å². The lowest BCUT2D eigenvalue weighted by Crippen LogP contribution is -2.22. The summed E-state index contributed by atoms with van der Waals surface area (Å²) in [5.74, 6) is -0.169. The highest BCUT2D eigenvalue weighted by Crippen LogP contribution is 2.41. The number of allylic oxidation sites excluding steroid dienone is 2. The third-order valence-corrected chi connectivity index (χ3v) is 8.74. The molecule has 0 fully saturated rings. The lowest BCUT2D eigenvalue weighted by atomic mass is 9.79. The summed E-state index contributed by atoms with van der Waals surface area (Å²) < 4.78 is 0. The van der Waals surface area contributed by atoms with Crippen LogP contribution in [0.25, 0.3) is 39.1 Å². The van der Waals surface area contributed by atoms with Crippen LogP contribution < -0.4 is 16.8 Å². The second-order valence-electron chi connectivity index (χ2n) is 11.7. The van der Waals surface area contributed by atoms with E-state index in [1.165, 1.54) is 5.57 Å². The number of nitrogens with two attached hydrogens (primary N) is 2. The number of aromatic nitrogens is 1. The standard InChI is InChI=1S/C42H36N4/c43-39-21-20-33(29-10-3-1-4-11-29)27-38(39)41(32-12-5-2-6-13-32)42(44)37-25-35(24-36(26-37)34-14-9-22-45-28-34)30-16-18-31(19-17-30)40-15-7-8-23-46-40/h1-27,41-42,45H,28,43-44H2/t41?,42-/m0/s1. The molecule has 2 atom stereocenters. The Balaban J connectivity index is 1.35. The van der Waals surface area contributed by atoms with Gasteiger partial charge < -0.3 is 16.8 Å². The number of benzene rings is 5. The SMILES string of the molecule is Nc1ccc(-c2ccccc2)cc1C(c1ccccc1)[C@@H](N)c1cc(C2=CC=CNC2)cc(-c2ccc(-c3ccccn3)cc2)c1. The summed E-state index contributed by atoms with van der Waals surface area (Å²) in [5, 5.41) is 3.37. The zero-order valence-corrected chi connectivity index (χ0v) is 25.6. The maximum atomic E-state index is 7.39. The Kier molecular flexibility index (Phi) is 8.27. The first kappa shape index (κ1) is 29.0. The number of nitrogens with one attached hydrogen (secondary N) is 1. The van der Waals surface area contributed by atoms with Gasteiger partial charge in [0.25, 0.3) is 0 Å². The van der Waals surface area contributed by atoms with Crippen LogP contribution in [0, 0.1) is 0 Å². The van der Waals surface area contributed by atoms with Gasteiger partial charge in [0.2, 0.25) is 0 Å². The number of rotatable bonds is 8. The molecule has 0 amide bonds. The second-order valence-corrected chi connectivity index (χ2v) is 11.7. The quantitative estimate of drug-likeness (QED) is 0.153. The van der Waals surface area contributed by atoms with Gasteiger partial charge in [0.15, 0.2) is 0 Å². The van der Waals surface area contributed by atoms with Crippen molar-refractivity contribution in [2.45, 2.75) is 12.0 Å². The predicted molar refractivity (Wildman–Crippen MR) is 192 cm³/mol. The topological polar surface area (TPSA) is 77.0 Å². The monoisotopic (exact) mass is 596 g/mol. The Labute approximate surface area is 270 Å². The summed E-state index contributed by atoms with van der Waals surface area (Å²) in [6, 6.07) is 48.2. The van der Waals surface area contributed by atoms with Crippen molar-refractivity contribution >= 4 is 11.3 Å². The summed E-state index contributed by atoms with van der Waals surface area (Å²) in [7, 11) is 0. The molecule has 4 nitrogen and oxygen atoms in total. The highest BCUT2D eigenvalue weighted by atomic mass is 14.8. The molecule has 0 bridgehead atoms. The van der Waals surface area contributed by atoms with E-state index in [4.69, 9.17) is 11.5 Å². The molecular weight excluding hydrogens is 560 g/mol. The van der Waals surface area contributed by atoms with Gasteiger partial charge in [-0.2, -0.15) is 0 Å². The smallest absolute Gasteiger partial charge is 0.0701 e. The molecule has 5 N–H and O–H groups in total. The molecule has 0 saturated heterocycles. The fraction of sp³-hybridized carbons (Fsp3) is 0.0714. The number of nitrogens with zero attached hydrogens (tertiary/aromatic N) is 1. The van der Waals surface area contributed by atoms with E-state index in [1.54, 1.807) is 0 Å². The Morgan fingerprint density at radius 3 is 1.98 bits per heavy atom. The lowest BCUT2D eigenvalue weighted by Gasteiger charge is -2.28. The van der Waals surface area contributed by atoms with E-state index in [-0.39, 0.29) is 12.0 Å². The summed E-state index contributed by atoms with van der Waals surface area (Å²) in [6.45, 7) is 0.751. The predicted octanol–water partition coefficient (Wildman–Crippen LogP) is 9.00. The molecule has 5 aromatic carbocycles. The number of anilines is 1. The Bertz CT molecular complexity index is 2000. The van der Waals surface area contributed by atoms with Crippen molar-refractivity contribution in [1.29, 1.82) is 0 Å². The third-order valence-electron chi connectivity index (χ3n) is 8.74. The van der Waals surface area contributed by atoms with E-state index in [0.29, 0.717) is 0 Å².